The van der Waals surface area contributed by atoms with E-state index in [1.54, 1.807) is 11.8 Å². The first-order valence-electron chi connectivity index (χ1n) is 9.73. The van der Waals surface area contributed by atoms with Gasteiger partial charge >= 0.3 is 6.18 Å². The molecule has 2 aromatic heterocycles. The minimum absolute atomic E-state index is 0.0546. The van der Waals surface area contributed by atoms with E-state index in [-0.39, 0.29) is 18.1 Å². The summed E-state index contributed by atoms with van der Waals surface area (Å²) >= 11 is 0. The number of nitrogens with zero attached hydrogens (tertiary/aromatic N) is 5. The summed E-state index contributed by atoms with van der Waals surface area (Å²) in [4.78, 5) is 7.40. The van der Waals surface area contributed by atoms with Gasteiger partial charge in [-0.05, 0) is 31.0 Å². The van der Waals surface area contributed by atoms with Gasteiger partial charge in [0.1, 0.15) is 17.1 Å². The maximum atomic E-state index is 12.8. The number of hydrogen-bond acceptors (Lipinski definition) is 7. The van der Waals surface area contributed by atoms with Crippen molar-refractivity contribution in [2.24, 2.45) is 0 Å². The van der Waals surface area contributed by atoms with Gasteiger partial charge in [-0.3, -0.25) is 0 Å². The van der Waals surface area contributed by atoms with Crippen molar-refractivity contribution in [3.05, 3.63) is 48.4 Å². The van der Waals surface area contributed by atoms with E-state index >= 15 is 0 Å². The number of rotatable bonds is 6. The number of methoxy groups -OCH3 is 1. The fourth-order valence-electron chi connectivity index (χ4n) is 3.34. The first-order chi connectivity index (χ1) is 14.9. The number of nitrogens with one attached hydrogen (secondary N) is 1. The molecular formula is C20H21F3N6O2. The van der Waals surface area contributed by atoms with Crippen LogP contribution in [0.1, 0.15) is 18.5 Å². The molecule has 1 fully saturated rings. The SMILES string of the molecule is COc1cccc(-c2cn(C[C@H]3CC[C@H](Nc4nccc(C(F)(F)F)n4)CO3)nn2)c1. The minimum Gasteiger partial charge on any atom is -0.497 e. The molecule has 0 spiro atoms. The number of halogens is 3. The van der Waals surface area contributed by atoms with Crippen molar-refractivity contribution in [2.75, 3.05) is 19.0 Å². The molecule has 1 aliphatic heterocycles. The van der Waals surface area contributed by atoms with Crippen molar-refractivity contribution in [1.82, 2.24) is 25.0 Å². The number of hydrogen-bond donors (Lipinski definition) is 1. The molecule has 0 saturated carbocycles. The van der Waals surface area contributed by atoms with Crippen molar-refractivity contribution in [1.29, 1.82) is 0 Å². The lowest BCUT2D eigenvalue weighted by Gasteiger charge is -2.29. The average molecular weight is 434 g/mol. The average Bonchev–Trinajstić information content (AvgIpc) is 3.23. The Balaban J connectivity index is 1.30. The second-order valence-corrected chi connectivity index (χ2v) is 7.19. The standard InChI is InChI=1S/C20H21F3N6O2/c1-30-15-4-2-3-13(9-15)17-11-29(28-27-17)10-16-6-5-14(12-31-16)25-19-24-8-7-18(26-19)20(21,22)23/h2-4,7-9,11,14,16H,5-6,10,12H2,1H3,(H,24,25,26)/t14-,16+/m0/s1. The van der Waals surface area contributed by atoms with Crippen LogP contribution in [0.2, 0.25) is 0 Å². The van der Waals surface area contributed by atoms with Crippen LogP contribution in [0, 0.1) is 0 Å². The maximum Gasteiger partial charge on any atom is 0.433 e. The molecule has 0 radical (unpaired) electrons. The van der Waals surface area contributed by atoms with Gasteiger partial charge in [-0.25, -0.2) is 14.6 Å². The van der Waals surface area contributed by atoms with Crippen LogP contribution in [0.4, 0.5) is 19.1 Å². The first kappa shape index (κ1) is 21.0. The molecule has 1 aromatic carbocycles. The molecule has 2 atom stereocenters. The second kappa shape index (κ2) is 8.88. The molecule has 1 aliphatic rings. The predicted octanol–water partition coefficient (Wildman–Crippen LogP) is 3.42. The monoisotopic (exact) mass is 434 g/mol. The molecule has 164 valence electrons. The number of alkyl halides is 3. The van der Waals surface area contributed by atoms with Gasteiger partial charge in [0.05, 0.1) is 38.6 Å². The van der Waals surface area contributed by atoms with E-state index in [2.05, 4.69) is 25.6 Å². The van der Waals surface area contributed by atoms with Crippen LogP contribution in [0.3, 0.4) is 0 Å². The lowest BCUT2D eigenvalue weighted by molar-refractivity contribution is -0.141. The van der Waals surface area contributed by atoms with Gasteiger partial charge < -0.3 is 14.8 Å². The normalized spacial score (nSPS) is 19.2. The molecule has 1 N–H and O–H groups in total. The van der Waals surface area contributed by atoms with Gasteiger partial charge in [0.25, 0.3) is 0 Å². The van der Waals surface area contributed by atoms with E-state index in [0.29, 0.717) is 26.0 Å². The van der Waals surface area contributed by atoms with Crippen molar-refractivity contribution in [3.63, 3.8) is 0 Å². The van der Waals surface area contributed by atoms with E-state index in [0.717, 1.165) is 29.3 Å². The molecule has 4 rings (SSSR count). The van der Waals surface area contributed by atoms with Gasteiger partial charge in [-0.1, -0.05) is 17.3 Å². The van der Waals surface area contributed by atoms with Gasteiger partial charge in [-0.15, -0.1) is 5.10 Å². The zero-order valence-electron chi connectivity index (χ0n) is 16.7. The zero-order chi connectivity index (χ0) is 21.8. The van der Waals surface area contributed by atoms with Crippen LogP contribution >= 0.6 is 0 Å². The first-order valence-corrected chi connectivity index (χ1v) is 9.73. The third-order valence-electron chi connectivity index (χ3n) is 4.94. The number of aromatic nitrogens is 5. The molecule has 11 heteroatoms. The Bertz CT molecular complexity index is 1020. The van der Waals surface area contributed by atoms with Crippen LogP contribution in [0.25, 0.3) is 11.3 Å². The summed E-state index contributed by atoms with van der Waals surface area (Å²) in [6, 6.07) is 8.24. The topological polar surface area (TPSA) is 87.0 Å². The molecule has 31 heavy (non-hydrogen) atoms. The molecule has 1 saturated heterocycles. The van der Waals surface area contributed by atoms with Crippen molar-refractivity contribution < 1.29 is 22.6 Å². The van der Waals surface area contributed by atoms with Gasteiger partial charge in [-0.2, -0.15) is 13.2 Å². The lowest BCUT2D eigenvalue weighted by atomic mass is 10.1. The Kier molecular flexibility index (Phi) is 6.03. The van der Waals surface area contributed by atoms with E-state index < -0.39 is 11.9 Å². The Labute approximate surface area is 176 Å². The summed E-state index contributed by atoms with van der Waals surface area (Å²) in [7, 11) is 1.61. The smallest absolute Gasteiger partial charge is 0.433 e. The third kappa shape index (κ3) is 5.29. The molecule has 0 aliphatic carbocycles. The Morgan fingerprint density at radius 1 is 1.26 bits per heavy atom. The summed E-state index contributed by atoms with van der Waals surface area (Å²) in [5.74, 6) is 0.687. The van der Waals surface area contributed by atoms with Crippen molar-refractivity contribution in [2.45, 2.75) is 37.7 Å². The van der Waals surface area contributed by atoms with Crippen molar-refractivity contribution >= 4 is 5.95 Å². The number of benzene rings is 1. The third-order valence-corrected chi connectivity index (χ3v) is 4.94. The van der Waals surface area contributed by atoms with Crippen LogP contribution in [0.5, 0.6) is 5.75 Å². The van der Waals surface area contributed by atoms with Crippen LogP contribution in [0.15, 0.2) is 42.7 Å². The van der Waals surface area contributed by atoms with Crippen LogP contribution in [-0.2, 0) is 17.5 Å². The summed E-state index contributed by atoms with van der Waals surface area (Å²) in [6.45, 7) is 0.867. The fraction of sp³-hybridized carbons (Fsp3) is 0.400. The van der Waals surface area contributed by atoms with Gasteiger partial charge in [0.2, 0.25) is 5.95 Å². The van der Waals surface area contributed by atoms with Crippen molar-refractivity contribution in [3.8, 4) is 17.0 Å². The van der Waals surface area contributed by atoms with Crippen LogP contribution < -0.4 is 10.1 Å². The van der Waals surface area contributed by atoms with Gasteiger partial charge in [0.15, 0.2) is 0 Å². The highest BCUT2D eigenvalue weighted by atomic mass is 19.4. The largest absolute Gasteiger partial charge is 0.497 e. The second-order valence-electron chi connectivity index (χ2n) is 7.19. The highest BCUT2D eigenvalue weighted by Gasteiger charge is 2.33. The fourth-order valence-corrected chi connectivity index (χ4v) is 3.34. The number of anilines is 1. The highest BCUT2D eigenvalue weighted by molar-refractivity contribution is 5.59. The van der Waals surface area contributed by atoms with Crippen LogP contribution in [-0.4, -0.2) is 50.8 Å². The summed E-state index contributed by atoms with van der Waals surface area (Å²) in [5, 5.41) is 11.3. The summed E-state index contributed by atoms with van der Waals surface area (Å²) in [5.41, 5.74) is 0.661. The van der Waals surface area contributed by atoms with E-state index in [1.807, 2.05) is 30.5 Å². The van der Waals surface area contributed by atoms with Gasteiger partial charge in [0, 0.05) is 11.8 Å². The molecule has 0 amide bonds. The highest BCUT2D eigenvalue weighted by Crippen LogP contribution is 2.28. The van der Waals surface area contributed by atoms with E-state index in [1.165, 1.54) is 0 Å². The molecule has 0 bridgehead atoms. The molecule has 0 unspecified atom stereocenters. The Morgan fingerprint density at radius 3 is 2.87 bits per heavy atom. The van der Waals surface area contributed by atoms with E-state index in [9.17, 15) is 13.2 Å². The molecular weight excluding hydrogens is 413 g/mol. The molecule has 3 aromatic rings. The lowest BCUT2D eigenvalue weighted by Crippen LogP contribution is -2.37. The Morgan fingerprint density at radius 2 is 2.13 bits per heavy atom. The summed E-state index contributed by atoms with van der Waals surface area (Å²) < 4.78 is 51.2. The zero-order valence-corrected chi connectivity index (χ0v) is 16.7. The van der Waals surface area contributed by atoms with E-state index in [4.69, 9.17) is 9.47 Å². The maximum absolute atomic E-state index is 12.8. The molecule has 8 nitrogen and oxygen atoms in total. The Hall–Kier alpha value is -3.21. The quantitative estimate of drug-likeness (QED) is 0.636. The number of ether oxygens (including phenoxy) is 2. The molecule has 3 heterocycles. The predicted molar refractivity (Wildman–Crippen MR) is 105 cm³/mol. The minimum atomic E-state index is -4.50. The summed E-state index contributed by atoms with van der Waals surface area (Å²) in [6.07, 6.45) is -0.212.